The van der Waals surface area contributed by atoms with Crippen LogP contribution in [0.25, 0.3) is 0 Å². The van der Waals surface area contributed by atoms with Gasteiger partial charge in [0.25, 0.3) is 0 Å². The smallest absolute Gasteiger partial charge is 0.0947 e. The summed E-state index contributed by atoms with van der Waals surface area (Å²) in [6, 6.07) is 2.58. The largest absolute Gasteiger partial charge is 0.472 e. The number of furan rings is 1. The van der Waals surface area contributed by atoms with Crippen molar-refractivity contribution in [1.82, 2.24) is 10.2 Å². The van der Waals surface area contributed by atoms with E-state index in [-0.39, 0.29) is 0 Å². The number of nitrogens with zero attached hydrogens (tertiary/aromatic N) is 1. The summed E-state index contributed by atoms with van der Waals surface area (Å²) < 4.78 is 5.11. The summed E-state index contributed by atoms with van der Waals surface area (Å²) in [6.45, 7) is 12.1. The molecule has 0 saturated carbocycles. The SMILES string of the molecule is CCC(C)(CNC(C)C)CN(C)Cc1ccoc1. The summed E-state index contributed by atoms with van der Waals surface area (Å²) in [6.07, 6.45) is 4.75. The molecule has 3 heteroatoms. The molecule has 0 amide bonds. The van der Waals surface area contributed by atoms with Gasteiger partial charge < -0.3 is 14.6 Å². The molecule has 0 fully saturated rings. The molecule has 1 aromatic rings. The van der Waals surface area contributed by atoms with Crippen LogP contribution in [-0.4, -0.2) is 31.1 Å². The van der Waals surface area contributed by atoms with Gasteiger partial charge in [-0.25, -0.2) is 0 Å². The monoisotopic (exact) mass is 252 g/mol. The van der Waals surface area contributed by atoms with Gasteiger partial charge in [0, 0.05) is 31.2 Å². The molecule has 0 bridgehead atoms. The highest BCUT2D eigenvalue weighted by Gasteiger charge is 2.24. The second-order valence-electron chi connectivity index (χ2n) is 6.00. The molecule has 0 saturated heterocycles. The van der Waals surface area contributed by atoms with Crippen LogP contribution in [0, 0.1) is 5.41 Å². The fourth-order valence-electron chi connectivity index (χ4n) is 2.15. The average Bonchev–Trinajstić information content (AvgIpc) is 2.79. The van der Waals surface area contributed by atoms with Crippen molar-refractivity contribution in [2.45, 2.75) is 46.7 Å². The predicted molar refractivity (Wildman–Crippen MR) is 76.6 cm³/mol. The minimum Gasteiger partial charge on any atom is -0.472 e. The molecule has 3 nitrogen and oxygen atoms in total. The minimum absolute atomic E-state index is 0.322. The van der Waals surface area contributed by atoms with E-state index >= 15 is 0 Å². The molecule has 0 spiro atoms. The Morgan fingerprint density at radius 1 is 1.44 bits per heavy atom. The van der Waals surface area contributed by atoms with Crippen LogP contribution in [0.2, 0.25) is 0 Å². The van der Waals surface area contributed by atoms with Gasteiger partial charge in [-0.05, 0) is 24.9 Å². The molecule has 0 aromatic carbocycles. The molecular weight excluding hydrogens is 224 g/mol. The van der Waals surface area contributed by atoms with Crippen LogP contribution in [-0.2, 0) is 6.54 Å². The molecule has 1 atom stereocenters. The van der Waals surface area contributed by atoms with E-state index in [1.54, 1.807) is 6.26 Å². The van der Waals surface area contributed by atoms with Crippen molar-refractivity contribution < 1.29 is 4.42 Å². The predicted octanol–water partition coefficient (Wildman–Crippen LogP) is 3.13. The summed E-state index contributed by atoms with van der Waals surface area (Å²) in [7, 11) is 2.18. The van der Waals surface area contributed by atoms with Crippen LogP contribution in [0.4, 0.5) is 0 Å². The maximum absolute atomic E-state index is 5.11. The van der Waals surface area contributed by atoms with Crippen LogP contribution in [0.1, 0.15) is 39.7 Å². The molecule has 1 aromatic heterocycles. The highest BCUT2D eigenvalue weighted by Crippen LogP contribution is 2.22. The van der Waals surface area contributed by atoms with E-state index in [4.69, 9.17) is 4.42 Å². The zero-order valence-corrected chi connectivity index (χ0v) is 12.5. The lowest BCUT2D eigenvalue weighted by molar-refractivity contribution is 0.172. The lowest BCUT2D eigenvalue weighted by atomic mass is 9.86. The Morgan fingerprint density at radius 2 is 2.17 bits per heavy atom. The summed E-state index contributed by atoms with van der Waals surface area (Å²) in [5.74, 6) is 0. The average molecular weight is 252 g/mol. The maximum atomic E-state index is 5.11. The van der Waals surface area contributed by atoms with E-state index in [2.05, 4.69) is 45.0 Å². The van der Waals surface area contributed by atoms with Crippen LogP contribution >= 0.6 is 0 Å². The number of hydrogen-bond acceptors (Lipinski definition) is 3. The lowest BCUT2D eigenvalue weighted by Crippen LogP contribution is -2.42. The molecule has 0 aliphatic rings. The van der Waals surface area contributed by atoms with Crippen LogP contribution < -0.4 is 5.32 Å². The topological polar surface area (TPSA) is 28.4 Å². The maximum Gasteiger partial charge on any atom is 0.0947 e. The van der Waals surface area contributed by atoms with Gasteiger partial charge in [-0.2, -0.15) is 0 Å². The molecule has 1 heterocycles. The first-order chi connectivity index (χ1) is 8.45. The van der Waals surface area contributed by atoms with Crippen molar-refractivity contribution in [3.8, 4) is 0 Å². The first-order valence-corrected chi connectivity index (χ1v) is 6.88. The summed E-state index contributed by atoms with van der Waals surface area (Å²) in [5, 5.41) is 3.56. The molecule has 0 radical (unpaired) electrons. The van der Waals surface area contributed by atoms with Gasteiger partial charge in [0.2, 0.25) is 0 Å². The van der Waals surface area contributed by atoms with Gasteiger partial charge in [-0.3, -0.25) is 0 Å². The Hall–Kier alpha value is -0.800. The lowest BCUT2D eigenvalue weighted by Gasteiger charge is -2.34. The molecule has 1 N–H and O–H groups in total. The molecule has 1 unspecified atom stereocenters. The Labute approximate surface area is 112 Å². The van der Waals surface area contributed by atoms with Gasteiger partial charge >= 0.3 is 0 Å². The zero-order valence-electron chi connectivity index (χ0n) is 12.5. The number of nitrogens with one attached hydrogen (secondary N) is 1. The van der Waals surface area contributed by atoms with E-state index in [1.807, 2.05) is 12.3 Å². The Kier molecular flexibility index (Phi) is 5.89. The minimum atomic E-state index is 0.322. The van der Waals surface area contributed by atoms with E-state index in [0.717, 1.165) is 19.6 Å². The Bertz CT molecular complexity index is 321. The highest BCUT2D eigenvalue weighted by molar-refractivity contribution is 5.04. The third kappa shape index (κ3) is 5.23. The first-order valence-electron chi connectivity index (χ1n) is 6.88. The third-order valence-electron chi connectivity index (χ3n) is 3.47. The molecule has 104 valence electrons. The standard InChI is InChI=1S/C15H28N2O/c1-6-15(4,11-16-13(2)3)12-17(5)9-14-7-8-18-10-14/h7-8,10,13,16H,6,9,11-12H2,1-5H3. The molecule has 0 aliphatic carbocycles. The van der Waals surface area contributed by atoms with Gasteiger partial charge in [0.05, 0.1) is 12.5 Å². The van der Waals surface area contributed by atoms with Crippen LogP contribution in [0.3, 0.4) is 0 Å². The third-order valence-corrected chi connectivity index (χ3v) is 3.47. The number of rotatable bonds is 8. The van der Waals surface area contributed by atoms with Gasteiger partial charge in [0.15, 0.2) is 0 Å². The fraction of sp³-hybridized carbons (Fsp3) is 0.733. The van der Waals surface area contributed by atoms with Crippen molar-refractivity contribution in [3.63, 3.8) is 0 Å². The Balaban J connectivity index is 2.45. The van der Waals surface area contributed by atoms with Crippen molar-refractivity contribution in [2.75, 3.05) is 20.1 Å². The van der Waals surface area contributed by atoms with E-state index < -0.39 is 0 Å². The highest BCUT2D eigenvalue weighted by atomic mass is 16.3. The molecule has 1 rings (SSSR count). The van der Waals surface area contributed by atoms with Crippen LogP contribution in [0.15, 0.2) is 23.0 Å². The fourth-order valence-corrected chi connectivity index (χ4v) is 2.15. The second-order valence-corrected chi connectivity index (χ2v) is 6.00. The van der Waals surface area contributed by atoms with Crippen molar-refractivity contribution in [1.29, 1.82) is 0 Å². The summed E-state index contributed by atoms with van der Waals surface area (Å²) >= 11 is 0. The summed E-state index contributed by atoms with van der Waals surface area (Å²) in [4.78, 5) is 2.37. The van der Waals surface area contributed by atoms with E-state index in [0.29, 0.717) is 11.5 Å². The number of hydrogen-bond donors (Lipinski definition) is 1. The second kappa shape index (κ2) is 6.95. The van der Waals surface area contributed by atoms with Gasteiger partial charge in [0.1, 0.15) is 0 Å². The van der Waals surface area contributed by atoms with Crippen LogP contribution in [0.5, 0.6) is 0 Å². The van der Waals surface area contributed by atoms with E-state index in [9.17, 15) is 0 Å². The molecule has 0 aliphatic heterocycles. The van der Waals surface area contributed by atoms with Crippen molar-refractivity contribution in [2.24, 2.45) is 5.41 Å². The normalized spacial score (nSPS) is 15.3. The Morgan fingerprint density at radius 3 is 2.67 bits per heavy atom. The zero-order chi connectivity index (χ0) is 13.6. The van der Waals surface area contributed by atoms with Crippen molar-refractivity contribution >= 4 is 0 Å². The van der Waals surface area contributed by atoms with Crippen molar-refractivity contribution in [3.05, 3.63) is 24.2 Å². The first kappa shape index (κ1) is 15.3. The quantitative estimate of drug-likeness (QED) is 0.770. The van der Waals surface area contributed by atoms with E-state index in [1.165, 1.54) is 12.0 Å². The van der Waals surface area contributed by atoms with Gasteiger partial charge in [-0.15, -0.1) is 0 Å². The van der Waals surface area contributed by atoms with Gasteiger partial charge in [-0.1, -0.05) is 27.7 Å². The molecule has 18 heavy (non-hydrogen) atoms. The molecular formula is C15H28N2O. The summed E-state index contributed by atoms with van der Waals surface area (Å²) in [5.41, 5.74) is 1.57.